The topological polar surface area (TPSA) is 83.6 Å². The normalized spacial score (nSPS) is 13.1. The molecule has 2 heterocycles. The summed E-state index contributed by atoms with van der Waals surface area (Å²) >= 11 is 0. The van der Waals surface area contributed by atoms with Crippen LogP contribution in [-0.2, 0) is 4.79 Å². The van der Waals surface area contributed by atoms with Gasteiger partial charge in [-0.15, -0.1) is 0 Å². The summed E-state index contributed by atoms with van der Waals surface area (Å²) < 4.78 is 5.33. The number of carbonyl (C=O) groups is 2. The second-order valence-electron chi connectivity index (χ2n) is 6.31. The van der Waals surface area contributed by atoms with Crippen LogP contribution in [0.25, 0.3) is 10.9 Å². The molecule has 2 amide bonds. The zero-order valence-electron chi connectivity index (χ0n) is 14.9. The molecule has 0 atom stereocenters. The molecule has 7 heteroatoms. The smallest absolute Gasteiger partial charge is 0.255 e. The molecule has 2 aromatic carbocycles. The lowest BCUT2D eigenvalue weighted by molar-refractivity contribution is -0.115. The van der Waals surface area contributed by atoms with Crippen LogP contribution in [0.3, 0.4) is 0 Å². The second kappa shape index (κ2) is 6.60. The van der Waals surface area contributed by atoms with Crippen molar-refractivity contribution < 1.29 is 14.3 Å². The minimum Gasteiger partial charge on any atom is -0.494 e. The fraction of sp³-hybridized carbons (Fsp3) is 0.150. The van der Waals surface area contributed by atoms with Gasteiger partial charge in [-0.2, -0.15) is 0 Å². The number of hydrogen-bond acceptors (Lipinski definition) is 5. The molecule has 1 aliphatic rings. The zero-order valence-corrected chi connectivity index (χ0v) is 14.9. The van der Waals surface area contributed by atoms with Crippen molar-refractivity contribution in [3.63, 3.8) is 0 Å². The molecule has 7 nitrogen and oxygen atoms in total. The van der Waals surface area contributed by atoms with E-state index in [4.69, 9.17) is 4.74 Å². The van der Waals surface area contributed by atoms with Gasteiger partial charge in [0.15, 0.2) is 0 Å². The summed E-state index contributed by atoms with van der Waals surface area (Å²) in [6, 6.07) is 12.5. The molecule has 3 aromatic rings. The lowest BCUT2D eigenvalue weighted by Crippen LogP contribution is -2.35. The van der Waals surface area contributed by atoms with Crippen LogP contribution in [0, 0.1) is 0 Å². The van der Waals surface area contributed by atoms with Gasteiger partial charge in [-0.05, 0) is 42.5 Å². The maximum absolute atomic E-state index is 12.8. The zero-order chi connectivity index (χ0) is 19.0. The Morgan fingerprint density at radius 3 is 2.93 bits per heavy atom. The molecule has 0 fully saturated rings. The molecule has 0 spiro atoms. The predicted octanol–water partition coefficient (Wildman–Crippen LogP) is 2.88. The first kappa shape index (κ1) is 16.8. The second-order valence-corrected chi connectivity index (χ2v) is 6.31. The van der Waals surface area contributed by atoms with E-state index in [2.05, 4.69) is 15.6 Å². The molecule has 1 aliphatic heterocycles. The van der Waals surface area contributed by atoms with Crippen LogP contribution in [-0.4, -0.2) is 37.5 Å². The third-order valence-corrected chi connectivity index (χ3v) is 4.53. The minimum atomic E-state index is -0.268. The van der Waals surface area contributed by atoms with Crippen molar-refractivity contribution in [1.82, 2.24) is 4.98 Å². The molecule has 0 unspecified atom stereocenters. The minimum absolute atomic E-state index is 0.102. The molecule has 27 heavy (non-hydrogen) atoms. The number of aromatic nitrogens is 1. The number of rotatable bonds is 3. The predicted molar refractivity (Wildman–Crippen MR) is 105 cm³/mol. The summed E-state index contributed by atoms with van der Waals surface area (Å²) in [4.78, 5) is 30.7. The number of pyridine rings is 1. The molecule has 1 aromatic heterocycles. The summed E-state index contributed by atoms with van der Waals surface area (Å²) in [5.74, 6) is 0.272. The van der Waals surface area contributed by atoms with Gasteiger partial charge in [-0.3, -0.25) is 14.6 Å². The Morgan fingerprint density at radius 1 is 1.26 bits per heavy atom. The third-order valence-electron chi connectivity index (χ3n) is 4.53. The maximum atomic E-state index is 12.8. The fourth-order valence-electron chi connectivity index (χ4n) is 3.22. The molecule has 136 valence electrons. The quantitative estimate of drug-likeness (QED) is 0.749. The van der Waals surface area contributed by atoms with Crippen molar-refractivity contribution in [3.05, 3.63) is 54.2 Å². The maximum Gasteiger partial charge on any atom is 0.255 e. The van der Waals surface area contributed by atoms with Gasteiger partial charge >= 0.3 is 0 Å². The molecule has 4 rings (SSSR count). The van der Waals surface area contributed by atoms with E-state index in [-0.39, 0.29) is 11.8 Å². The summed E-state index contributed by atoms with van der Waals surface area (Å²) in [6.45, 7) is 0.295. The van der Waals surface area contributed by atoms with Gasteiger partial charge in [0.2, 0.25) is 5.91 Å². The number of methoxy groups -OCH3 is 1. The standard InChI is InChI=1S/C20H18N4O3/c1-24-11-18(25)22-15-10-12(5-7-16(15)24)20(26)23-14-6-8-17(27-2)19-13(14)4-3-9-21-19/h3-10H,11H2,1-2H3,(H,22,25)(H,23,26). The van der Waals surface area contributed by atoms with Gasteiger partial charge < -0.3 is 20.3 Å². The van der Waals surface area contributed by atoms with E-state index < -0.39 is 0 Å². The lowest BCUT2D eigenvalue weighted by atomic mass is 10.1. The van der Waals surface area contributed by atoms with E-state index in [0.29, 0.717) is 34.7 Å². The molecule has 0 saturated carbocycles. The first-order valence-corrected chi connectivity index (χ1v) is 8.45. The average Bonchev–Trinajstić information content (AvgIpc) is 2.67. The Labute approximate surface area is 156 Å². The highest BCUT2D eigenvalue weighted by atomic mass is 16.5. The van der Waals surface area contributed by atoms with Crippen LogP contribution in [0.2, 0.25) is 0 Å². The molecule has 2 N–H and O–H groups in total. The van der Waals surface area contributed by atoms with Crippen LogP contribution in [0.5, 0.6) is 5.75 Å². The van der Waals surface area contributed by atoms with Gasteiger partial charge in [0.05, 0.1) is 30.7 Å². The van der Waals surface area contributed by atoms with Crippen LogP contribution in [0.4, 0.5) is 17.1 Å². The Balaban J connectivity index is 1.67. The molecule has 0 aliphatic carbocycles. The summed E-state index contributed by atoms with van der Waals surface area (Å²) in [6.07, 6.45) is 1.68. The Morgan fingerprint density at radius 2 is 2.11 bits per heavy atom. The van der Waals surface area contributed by atoms with E-state index in [1.165, 1.54) is 0 Å². The Hall–Kier alpha value is -3.61. The average molecular weight is 362 g/mol. The highest BCUT2D eigenvalue weighted by Crippen LogP contribution is 2.32. The van der Waals surface area contributed by atoms with Crippen molar-refractivity contribution in [1.29, 1.82) is 0 Å². The van der Waals surface area contributed by atoms with Crippen molar-refractivity contribution in [2.24, 2.45) is 0 Å². The first-order valence-electron chi connectivity index (χ1n) is 8.45. The summed E-state index contributed by atoms with van der Waals surface area (Å²) in [7, 11) is 3.42. The van der Waals surface area contributed by atoms with E-state index in [9.17, 15) is 9.59 Å². The van der Waals surface area contributed by atoms with E-state index in [0.717, 1.165) is 11.1 Å². The fourth-order valence-corrected chi connectivity index (χ4v) is 3.22. The van der Waals surface area contributed by atoms with E-state index in [1.54, 1.807) is 37.6 Å². The summed E-state index contributed by atoms with van der Waals surface area (Å²) in [5, 5.41) is 6.52. The number of likely N-dealkylation sites (N-methyl/N-ethyl adjacent to an activating group) is 1. The van der Waals surface area contributed by atoms with Crippen molar-refractivity contribution in [2.45, 2.75) is 0 Å². The van der Waals surface area contributed by atoms with Crippen LogP contribution in [0.15, 0.2) is 48.7 Å². The Kier molecular flexibility index (Phi) is 4.12. The number of ether oxygens (including phenoxy) is 1. The first-order chi connectivity index (χ1) is 13.1. The molecule has 0 radical (unpaired) electrons. The molecular formula is C20H18N4O3. The number of nitrogens with zero attached hydrogens (tertiary/aromatic N) is 2. The molecular weight excluding hydrogens is 344 g/mol. The lowest BCUT2D eigenvalue weighted by Gasteiger charge is -2.27. The van der Waals surface area contributed by atoms with E-state index >= 15 is 0 Å². The largest absolute Gasteiger partial charge is 0.494 e. The van der Waals surface area contributed by atoms with Crippen molar-refractivity contribution in [2.75, 3.05) is 36.2 Å². The van der Waals surface area contributed by atoms with Crippen LogP contribution in [0.1, 0.15) is 10.4 Å². The highest BCUT2D eigenvalue weighted by Gasteiger charge is 2.20. The van der Waals surface area contributed by atoms with Gasteiger partial charge in [0.1, 0.15) is 11.3 Å². The highest BCUT2D eigenvalue weighted by molar-refractivity contribution is 6.11. The molecule has 0 saturated heterocycles. The van der Waals surface area contributed by atoms with Crippen LogP contribution >= 0.6 is 0 Å². The molecule has 0 bridgehead atoms. The van der Waals surface area contributed by atoms with Gasteiger partial charge in [0, 0.05) is 24.2 Å². The monoisotopic (exact) mass is 362 g/mol. The number of anilines is 3. The Bertz CT molecular complexity index is 1060. The number of hydrogen-bond donors (Lipinski definition) is 2. The summed E-state index contributed by atoms with van der Waals surface area (Å²) in [5.41, 5.74) is 3.28. The SMILES string of the molecule is COc1ccc(NC(=O)c2ccc3c(c2)NC(=O)CN3C)c2cccnc12. The van der Waals surface area contributed by atoms with Gasteiger partial charge in [-0.25, -0.2) is 0 Å². The number of carbonyl (C=O) groups excluding carboxylic acids is 2. The van der Waals surface area contributed by atoms with Crippen molar-refractivity contribution >= 4 is 39.8 Å². The number of amides is 2. The van der Waals surface area contributed by atoms with E-state index in [1.807, 2.05) is 30.1 Å². The third kappa shape index (κ3) is 3.03. The van der Waals surface area contributed by atoms with Crippen LogP contribution < -0.4 is 20.3 Å². The van der Waals surface area contributed by atoms with Gasteiger partial charge in [0.25, 0.3) is 5.91 Å². The number of fused-ring (bicyclic) bond motifs is 2. The number of nitrogens with one attached hydrogen (secondary N) is 2. The number of benzene rings is 2. The van der Waals surface area contributed by atoms with Gasteiger partial charge in [-0.1, -0.05) is 0 Å². The van der Waals surface area contributed by atoms with Crippen molar-refractivity contribution in [3.8, 4) is 5.75 Å².